The number of carbonyl (C=O) groups excluding carboxylic acids is 2. The summed E-state index contributed by atoms with van der Waals surface area (Å²) < 4.78 is 13.8. The van der Waals surface area contributed by atoms with Crippen LogP contribution in [-0.4, -0.2) is 17.7 Å². The Morgan fingerprint density at radius 1 is 1.09 bits per heavy atom. The monoisotopic (exact) mass is 306 g/mol. The van der Waals surface area contributed by atoms with Crippen molar-refractivity contribution in [2.24, 2.45) is 34.5 Å². The molecule has 0 unspecified atom stereocenters. The van der Waals surface area contributed by atoms with Crippen LogP contribution < -0.4 is 0 Å². The molecule has 4 aliphatic rings. The lowest BCUT2D eigenvalue weighted by Crippen LogP contribution is -2.57. The Labute approximate surface area is 132 Å². The number of alkyl halides is 1. The average Bonchev–Trinajstić information content (AvgIpc) is 2.75. The summed E-state index contributed by atoms with van der Waals surface area (Å²) >= 11 is 0. The van der Waals surface area contributed by atoms with Crippen molar-refractivity contribution >= 4 is 11.6 Å². The van der Waals surface area contributed by atoms with Gasteiger partial charge in [-0.2, -0.15) is 0 Å². The maximum absolute atomic E-state index is 13.8. The Morgan fingerprint density at radius 3 is 2.64 bits per heavy atom. The number of Topliss-reactive ketones (excluding diaryl/α,β-unsaturated/α-hetero) is 2. The molecule has 0 aromatic rings. The first-order chi connectivity index (χ1) is 10.4. The van der Waals surface area contributed by atoms with Gasteiger partial charge in [-0.05, 0) is 61.7 Å². The average molecular weight is 306 g/mol. The van der Waals surface area contributed by atoms with Gasteiger partial charge in [0.25, 0.3) is 0 Å². The Bertz CT molecular complexity index is 530. The lowest BCUT2D eigenvalue weighted by molar-refractivity contribution is -0.161. The van der Waals surface area contributed by atoms with Crippen molar-refractivity contribution < 1.29 is 14.0 Å². The molecule has 0 aromatic heterocycles. The highest BCUT2D eigenvalue weighted by Crippen LogP contribution is 2.64. The molecule has 0 radical (unpaired) electrons. The number of hydrogen-bond donors (Lipinski definition) is 0. The second kappa shape index (κ2) is 4.64. The Balaban J connectivity index is 1.71. The van der Waals surface area contributed by atoms with E-state index < -0.39 is 11.6 Å². The van der Waals surface area contributed by atoms with Gasteiger partial charge in [0.05, 0.1) is 0 Å². The van der Waals surface area contributed by atoms with Crippen LogP contribution >= 0.6 is 0 Å². The molecule has 4 rings (SSSR count). The van der Waals surface area contributed by atoms with Crippen LogP contribution in [0, 0.1) is 34.5 Å². The lowest BCUT2D eigenvalue weighted by Gasteiger charge is -2.58. The summed E-state index contributed by atoms with van der Waals surface area (Å²) in [6.07, 6.45) is 5.58. The van der Waals surface area contributed by atoms with Crippen molar-refractivity contribution in [3.63, 3.8) is 0 Å². The number of rotatable bonds is 0. The third kappa shape index (κ3) is 1.77. The number of ketones is 2. The normalized spacial score (nSPS) is 54.6. The summed E-state index contributed by atoms with van der Waals surface area (Å²) in [7, 11) is 0. The smallest absolute Gasteiger partial charge is 0.139 e. The fourth-order valence-electron chi connectivity index (χ4n) is 6.80. The molecule has 2 nitrogen and oxygen atoms in total. The molecule has 0 amide bonds. The van der Waals surface area contributed by atoms with Crippen LogP contribution in [0.25, 0.3) is 0 Å². The highest BCUT2D eigenvalue weighted by atomic mass is 19.1. The molecule has 0 bridgehead atoms. The van der Waals surface area contributed by atoms with Crippen LogP contribution in [0.5, 0.6) is 0 Å². The van der Waals surface area contributed by atoms with Gasteiger partial charge in [-0.15, -0.1) is 0 Å². The van der Waals surface area contributed by atoms with E-state index in [1.54, 1.807) is 0 Å². The molecule has 0 N–H and O–H groups in total. The van der Waals surface area contributed by atoms with Gasteiger partial charge in [0, 0.05) is 24.2 Å². The fourth-order valence-corrected chi connectivity index (χ4v) is 6.80. The van der Waals surface area contributed by atoms with Crippen LogP contribution in [0.2, 0.25) is 0 Å². The van der Waals surface area contributed by atoms with E-state index >= 15 is 0 Å². The minimum Gasteiger partial charge on any atom is -0.299 e. The molecule has 3 heteroatoms. The van der Waals surface area contributed by atoms with Crippen molar-refractivity contribution in [1.82, 2.24) is 0 Å². The molecule has 0 saturated heterocycles. The summed E-state index contributed by atoms with van der Waals surface area (Å²) in [6, 6.07) is 0. The summed E-state index contributed by atoms with van der Waals surface area (Å²) in [6.45, 7) is 4.28. The molecule has 4 aliphatic carbocycles. The van der Waals surface area contributed by atoms with Crippen molar-refractivity contribution in [2.75, 3.05) is 0 Å². The number of carbonyl (C=O) groups is 2. The SMILES string of the molecule is C[C@]12CC[C@@H](F)C[C@@H]1CC[C@H]1[C@H]2C(=O)C[C@]2(C)C(=O)CC[C@H]12. The zero-order valence-corrected chi connectivity index (χ0v) is 13.7. The van der Waals surface area contributed by atoms with Gasteiger partial charge < -0.3 is 0 Å². The van der Waals surface area contributed by atoms with E-state index in [0.29, 0.717) is 55.0 Å². The van der Waals surface area contributed by atoms with Gasteiger partial charge in [-0.3, -0.25) is 9.59 Å². The molecule has 22 heavy (non-hydrogen) atoms. The first-order valence-corrected chi connectivity index (χ1v) is 9.06. The summed E-state index contributed by atoms with van der Waals surface area (Å²) in [4.78, 5) is 25.4. The molecular weight excluding hydrogens is 279 g/mol. The molecule has 0 spiro atoms. The van der Waals surface area contributed by atoms with Gasteiger partial charge >= 0.3 is 0 Å². The van der Waals surface area contributed by atoms with E-state index in [1.807, 2.05) is 6.92 Å². The van der Waals surface area contributed by atoms with Crippen LogP contribution in [-0.2, 0) is 9.59 Å². The molecule has 0 aromatic carbocycles. The molecule has 122 valence electrons. The Morgan fingerprint density at radius 2 is 1.86 bits per heavy atom. The summed E-state index contributed by atoms with van der Waals surface area (Å²) in [5, 5.41) is 0. The molecule has 7 atom stereocenters. The first kappa shape index (κ1) is 14.8. The Kier molecular flexibility index (Phi) is 3.13. The lowest BCUT2D eigenvalue weighted by atomic mass is 9.45. The maximum Gasteiger partial charge on any atom is 0.139 e. The largest absolute Gasteiger partial charge is 0.299 e. The van der Waals surface area contributed by atoms with Gasteiger partial charge in [-0.1, -0.05) is 13.8 Å². The third-order valence-corrected chi connectivity index (χ3v) is 8.00. The van der Waals surface area contributed by atoms with E-state index in [0.717, 1.165) is 25.7 Å². The topological polar surface area (TPSA) is 34.1 Å². The number of fused-ring (bicyclic) bond motifs is 5. The van der Waals surface area contributed by atoms with Crippen LogP contribution in [0.15, 0.2) is 0 Å². The maximum atomic E-state index is 13.8. The molecule has 0 heterocycles. The van der Waals surface area contributed by atoms with Gasteiger partial charge in [0.2, 0.25) is 0 Å². The summed E-state index contributed by atoms with van der Waals surface area (Å²) in [5.41, 5.74) is -0.408. The molecular formula is C19H27FO2. The van der Waals surface area contributed by atoms with Crippen molar-refractivity contribution in [3.8, 4) is 0 Å². The second-order valence-corrected chi connectivity index (χ2v) is 8.92. The second-order valence-electron chi connectivity index (χ2n) is 8.92. The van der Waals surface area contributed by atoms with E-state index in [1.165, 1.54) is 0 Å². The van der Waals surface area contributed by atoms with Gasteiger partial charge in [0.15, 0.2) is 0 Å². The number of halogens is 1. The first-order valence-electron chi connectivity index (χ1n) is 9.06. The summed E-state index contributed by atoms with van der Waals surface area (Å²) in [5.74, 6) is 1.83. The molecule has 0 aliphatic heterocycles. The van der Waals surface area contributed by atoms with E-state index in [-0.39, 0.29) is 11.3 Å². The standard InChI is InChI=1S/C19H27FO2/c1-18-8-7-12(20)9-11(18)3-4-13-14-5-6-16(22)19(14,2)10-15(21)17(13)18/h11-14,17H,3-10H2,1-2H3/t11-,12+,13+,14+,17-,18-,19-/m0/s1. The van der Waals surface area contributed by atoms with E-state index in [4.69, 9.17) is 0 Å². The third-order valence-electron chi connectivity index (χ3n) is 8.00. The van der Waals surface area contributed by atoms with E-state index in [2.05, 4.69) is 6.92 Å². The molecule has 4 saturated carbocycles. The zero-order chi connectivity index (χ0) is 15.7. The Hall–Kier alpha value is -0.730. The van der Waals surface area contributed by atoms with Gasteiger partial charge in [0.1, 0.15) is 17.7 Å². The predicted octanol–water partition coefficient (Wildman–Crippen LogP) is 4.12. The fraction of sp³-hybridized carbons (Fsp3) is 0.895. The van der Waals surface area contributed by atoms with E-state index in [9.17, 15) is 14.0 Å². The zero-order valence-electron chi connectivity index (χ0n) is 13.7. The van der Waals surface area contributed by atoms with Crippen LogP contribution in [0.4, 0.5) is 4.39 Å². The number of hydrogen-bond acceptors (Lipinski definition) is 2. The predicted molar refractivity (Wildman–Crippen MR) is 82.0 cm³/mol. The molecule has 4 fully saturated rings. The quantitative estimate of drug-likeness (QED) is 0.675. The van der Waals surface area contributed by atoms with Crippen LogP contribution in [0.3, 0.4) is 0 Å². The minimum absolute atomic E-state index is 0.0183. The highest BCUT2D eigenvalue weighted by molar-refractivity contribution is 5.95. The van der Waals surface area contributed by atoms with Crippen molar-refractivity contribution in [1.29, 1.82) is 0 Å². The highest BCUT2D eigenvalue weighted by Gasteiger charge is 2.63. The minimum atomic E-state index is -0.674. The van der Waals surface area contributed by atoms with Crippen molar-refractivity contribution in [2.45, 2.75) is 71.4 Å². The van der Waals surface area contributed by atoms with Crippen LogP contribution in [0.1, 0.15) is 65.2 Å². The van der Waals surface area contributed by atoms with Crippen molar-refractivity contribution in [3.05, 3.63) is 0 Å². The van der Waals surface area contributed by atoms with Gasteiger partial charge in [-0.25, -0.2) is 4.39 Å².